The number of hydrogen-bond donors (Lipinski definition) is 1. The minimum absolute atomic E-state index is 0.131. The summed E-state index contributed by atoms with van der Waals surface area (Å²) < 4.78 is 7.04. The highest BCUT2D eigenvalue weighted by Gasteiger charge is 2.18. The average Bonchev–Trinajstić information content (AvgIpc) is 2.85. The second kappa shape index (κ2) is 5.79. The van der Waals surface area contributed by atoms with Gasteiger partial charge in [-0.25, -0.2) is 4.68 Å². The molecular weight excluding hydrogens is 242 g/mol. The van der Waals surface area contributed by atoms with Gasteiger partial charge in [0, 0.05) is 18.4 Å². The monoisotopic (exact) mass is 261 g/mol. The minimum atomic E-state index is 0.131. The zero-order chi connectivity index (χ0) is 13.8. The number of nitrogens with zero attached hydrogens (tertiary/aromatic N) is 4. The van der Waals surface area contributed by atoms with Gasteiger partial charge in [0.2, 0.25) is 0 Å². The average molecular weight is 261 g/mol. The van der Waals surface area contributed by atoms with Gasteiger partial charge in [0.15, 0.2) is 5.82 Å². The van der Waals surface area contributed by atoms with Crippen LogP contribution in [0.25, 0.3) is 11.4 Å². The van der Waals surface area contributed by atoms with Crippen LogP contribution in [0.15, 0.2) is 18.2 Å². The molecule has 0 fully saturated rings. The Morgan fingerprint density at radius 2 is 2.21 bits per heavy atom. The molecule has 1 unspecified atom stereocenters. The summed E-state index contributed by atoms with van der Waals surface area (Å²) in [6, 6.07) is 5.86. The van der Waals surface area contributed by atoms with Crippen molar-refractivity contribution in [2.45, 2.75) is 26.3 Å². The van der Waals surface area contributed by atoms with Gasteiger partial charge in [0.05, 0.1) is 12.6 Å². The molecule has 0 aliphatic carbocycles. The first-order valence-corrected chi connectivity index (χ1v) is 6.30. The van der Waals surface area contributed by atoms with E-state index in [0.717, 1.165) is 29.1 Å². The van der Waals surface area contributed by atoms with E-state index in [1.807, 2.05) is 29.8 Å². The van der Waals surface area contributed by atoms with E-state index in [4.69, 9.17) is 10.5 Å². The van der Waals surface area contributed by atoms with E-state index in [0.29, 0.717) is 6.61 Å². The lowest BCUT2D eigenvalue weighted by atomic mass is 10.1. The highest BCUT2D eigenvalue weighted by Crippen LogP contribution is 2.25. The molecule has 102 valence electrons. The number of benzene rings is 1. The van der Waals surface area contributed by atoms with Crippen LogP contribution in [0.4, 0.5) is 5.69 Å². The van der Waals surface area contributed by atoms with Crippen molar-refractivity contribution in [1.29, 1.82) is 0 Å². The van der Waals surface area contributed by atoms with E-state index in [1.54, 1.807) is 7.11 Å². The number of methoxy groups -OCH3 is 1. The van der Waals surface area contributed by atoms with Crippen LogP contribution >= 0.6 is 0 Å². The van der Waals surface area contributed by atoms with Crippen molar-refractivity contribution < 1.29 is 4.74 Å². The second-order valence-corrected chi connectivity index (χ2v) is 4.54. The number of nitrogens with two attached hydrogens (primary N) is 1. The highest BCUT2D eigenvalue weighted by molar-refractivity contribution is 5.63. The molecule has 0 saturated carbocycles. The lowest BCUT2D eigenvalue weighted by Crippen LogP contribution is -2.16. The van der Waals surface area contributed by atoms with E-state index in [9.17, 15) is 0 Å². The molecule has 1 atom stereocenters. The van der Waals surface area contributed by atoms with Crippen LogP contribution in [0, 0.1) is 6.92 Å². The van der Waals surface area contributed by atoms with Gasteiger partial charge in [0.25, 0.3) is 0 Å². The van der Waals surface area contributed by atoms with Crippen LogP contribution in [0.1, 0.15) is 24.9 Å². The lowest BCUT2D eigenvalue weighted by Gasteiger charge is -2.16. The Hall–Kier alpha value is -1.95. The molecule has 0 amide bonds. The van der Waals surface area contributed by atoms with Crippen molar-refractivity contribution in [2.24, 2.45) is 0 Å². The zero-order valence-electron chi connectivity index (χ0n) is 11.5. The maximum absolute atomic E-state index is 5.77. The summed E-state index contributed by atoms with van der Waals surface area (Å²) in [5.41, 5.74) is 8.57. The molecule has 6 heteroatoms. The topological polar surface area (TPSA) is 78.8 Å². The summed E-state index contributed by atoms with van der Waals surface area (Å²) >= 11 is 0. The molecule has 1 aromatic heterocycles. The smallest absolute Gasteiger partial charge is 0.182 e. The summed E-state index contributed by atoms with van der Waals surface area (Å²) in [6.07, 6.45) is 0.903. The Morgan fingerprint density at radius 3 is 2.84 bits per heavy atom. The molecule has 0 aliphatic rings. The maximum atomic E-state index is 5.77. The maximum Gasteiger partial charge on any atom is 0.182 e. The fourth-order valence-corrected chi connectivity index (χ4v) is 2.11. The Balaban J connectivity index is 2.43. The Morgan fingerprint density at radius 1 is 1.42 bits per heavy atom. The van der Waals surface area contributed by atoms with Gasteiger partial charge < -0.3 is 10.5 Å². The van der Waals surface area contributed by atoms with Crippen molar-refractivity contribution in [1.82, 2.24) is 20.2 Å². The first-order chi connectivity index (χ1) is 9.17. The summed E-state index contributed by atoms with van der Waals surface area (Å²) in [6.45, 7) is 4.68. The van der Waals surface area contributed by atoms with Gasteiger partial charge in [0.1, 0.15) is 0 Å². The fraction of sp³-hybridized carbons (Fsp3) is 0.462. The van der Waals surface area contributed by atoms with Crippen LogP contribution in [-0.2, 0) is 4.74 Å². The molecule has 0 aliphatic heterocycles. The summed E-state index contributed by atoms with van der Waals surface area (Å²) in [4.78, 5) is 0. The van der Waals surface area contributed by atoms with Crippen molar-refractivity contribution in [3.05, 3.63) is 23.8 Å². The van der Waals surface area contributed by atoms with Crippen molar-refractivity contribution in [3.8, 4) is 11.4 Å². The number of hydrogen-bond acceptors (Lipinski definition) is 5. The van der Waals surface area contributed by atoms with E-state index in [-0.39, 0.29) is 6.04 Å². The molecule has 2 aromatic rings. The van der Waals surface area contributed by atoms with Crippen LogP contribution in [-0.4, -0.2) is 33.9 Å². The molecule has 19 heavy (non-hydrogen) atoms. The number of ether oxygens (including phenoxy) is 1. The van der Waals surface area contributed by atoms with Gasteiger partial charge in [-0.15, -0.1) is 5.10 Å². The highest BCUT2D eigenvalue weighted by atomic mass is 16.5. The largest absolute Gasteiger partial charge is 0.399 e. The molecule has 1 aromatic carbocycles. The molecule has 0 saturated heterocycles. The standard InChI is InChI=1S/C13H19N5O/c1-4-11(8-19-3)18-13(15-16-17-18)12-6-5-10(14)7-9(12)2/h5-7,11H,4,8,14H2,1-3H3. The number of aryl methyl sites for hydroxylation is 1. The van der Waals surface area contributed by atoms with E-state index < -0.39 is 0 Å². The van der Waals surface area contributed by atoms with E-state index >= 15 is 0 Å². The van der Waals surface area contributed by atoms with E-state index in [1.165, 1.54) is 0 Å². The number of aromatic nitrogens is 4. The Labute approximate surface area is 112 Å². The van der Waals surface area contributed by atoms with Crippen molar-refractivity contribution in [2.75, 3.05) is 19.5 Å². The second-order valence-electron chi connectivity index (χ2n) is 4.54. The van der Waals surface area contributed by atoms with Crippen LogP contribution in [0.2, 0.25) is 0 Å². The van der Waals surface area contributed by atoms with Gasteiger partial charge in [-0.05, 0) is 47.5 Å². The van der Waals surface area contributed by atoms with Crippen LogP contribution in [0.5, 0.6) is 0 Å². The molecule has 0 bridgehead atoms. The number of tetrazole rings is 1. The van der Waals surface area contributed by atoms with Crippen LogP contribution in [0.3, 0.4) is 0 Å². The van der Waals surface area contributed by atoms with Crippen molar-refractivity contribution in [3.63, 3.8) is 0 Å². The fourth-order valence-electron chi connectivity index (χ4n) is 2.11. The summed E-state index contributed by atoms with van der Waals surface area (Å²) in [7, 11) is 1.68. The molecular formula is C13H19N5O. The third-order valence-electron chi connectivity index (χ3n) is 3.16. The molecule has 2 rings (SSSR count). The normalized spacial score (nSPS) is 12.6. The van der Waals surface area contributed by atoms with Crippen molar-refractivity contribution >= 4 is 5.69 Å². The number of anilines is 1. The predicted molar refractivity (Wildman–Crippen MR) is 73.6 cm³/mol. The molecule has 6 nitrogen and oxygen atoms in total. The summed E-state index contributed by atoms with van der Waals surface area (Å²) in [5.74, 6) is 0.751. The first-order valence-electron chi connectivity index (χ1n) is 6.30. The molecule has 0 spiro atoms. The Bertz CT molecular complexity index is 552. The van der Waals surface area contributed by atoms with E-state index in [2.05, 4.69) is 22.4 Å². The third-order valence-corrected chi connectivity index (χ3v) is 3.16. The van der Waals surface area contributed by atoms with Crippen LogP contribution < -0.4 is 5.73 Å². The zero-order valence-corrected chi connectivity index (χ0v) is 11.5. The molecule has 2 N–H and O–H groups in total. The minimum Gasteiger partial charge on any atom is -0.399 e. The van der Waals surface area contributed by atoms with Gasteiger partial charge in [-0.1, -0.05) is 6.92 Å². The number of rotatable bonds is 5. The third kappa shape index (κ3) is 2.73. The SMILES string of the molecule is CCC(COC)n1nnnc1-c1ccc(N)cc1C. The first kappa shape index (κ1) is 13.5. The van der Waals surface area contributed by atoms with Gasteiger partial charge in [-0.3, -0.25) is 0 Å². The summed E-state index contributed by atoms with van der Waals surface area (Å²) in [5, 5.41) is 12.0. The lowest BCUT2D eigenvalue weighted by molar-refractivity contribution is 0.147. The van der Waals surface area contributed by atoms with Gasteiger partial charge in [-0.2, -0.15) is 0 Å². The quantitative estimate of drug-likeness (QED) is 0.831. The number of nitrogen functional groups attached to an aromatic ring is 1. The predicted octanol–water partition coefficient (Wildman–Crippen LogP) is 1.83. The molecule has 0 radical (unpaired) electrons. The van der Waals surface area contributed by atoms with Gasteiger partial charge >= 0.3 is 0 Å². The molecule has 1 heterocycles. The Kier molecular flexibility index (Phi) is 4.11.